The van der Waals surface area contributed by atoms with Crippen molar-refractivity contribution in [3.05, 3.63) is 80.5 Å². The number of ether oxygens (including phenoxy) is 1. The molecule has 180 valence electrons. The van der Waals surface area contributed by atoms with Crippen LogP contribution in [0.4, 0.5) is 22.7 Å². The summed E-state index contributed by atoms with van der Waals surface area (Å²) in [5, 5.41) is 21.7. The van der Waals surface area contributed by atoms with Crippen molar-refractivity contribution in [2.45, 2.75) is 0 Å². The predicted molar refractivity (Wildman–Crippen MR) is 139 cm³/mol. The van der Waals surface area contributed by atoms with Gasteiger partial charge in [0.25, 0.3) is 17.5 Å². The summed E-state index contributed by atoms with van der Waals surface area (Å²) in [6.07, 6.45) is 0. The zero-order valence-corrected chi connectivity index (χ0v) is 20.0. The quantitative estimate of drug-likeness (QED) is 0.259. The fraction of sp³-hybridized carbons (Fsp3) is 0.174. The van der Waals surface area contributed by atoms with Crippen LogP contribution in [0.15, 0.2) is 60.0 Å². The first-order chi connectivity index (χ1) is 16.9. The summed E-state index contributed by atoms with van der Waals surface area (Å²) in [5.41, 5.74) is 1.61. The van der Waals surface area contributed by atoms with E-state index in [9.17, 15) is 19.7 Å². The van der Waals surface area contributed by atoms with E-state index >= 15 is 0 Å². The summed E-state index contributed by atoms with van der Waals surface area (Å²) in [5.74, 6) is -0.767. The SMILES string of the molecule is O=C(NC(=S)Nc1ccc(NC(=O)c2cccs2)cc1)c1ccc(N2CCOCC2)c([N+](=O)[O-])c1. The molecule has 0 saturated carbocycles. The number of carbonyl (C=O) groups excluding carboxylic acids is 2. The normalized spacial score (nSPS) is 13.1. The Morgan fingerprint density at radius 2 is 1.69 bits per heavy atom. The molecule has 0 unspecified atom stereocenters. The largest absolute Gasteiger partial charge is 0.378 e. The fourth-order valence-corrected chi connectivity index (χ4v) is 4.29. The standard InChI is InChI=1S/C23H21N5O5S2/c29-21(15-3-8-18(19(14-15)28(31)32)27-9-11-33-12-10-27)26-23(34)25-17-6-4-16(5-7-17)24-22(30)20-2-1-13-35-20/h1-8,13-14H,9-12H2,(H,24,30)(H2,25,26,29,34). The van der Waals surface area contributed by atoms with Crippen LogP contribution in [0.3, 0.4) is 0 Å². The van der Waals surface area contributed by atoms with Gasteiger partial charge in [0.2, 0.25) is 0 Å². The van der Waals surface area contributed by atoms with E-state index in [1.807, 2.05) is 10.3 Å². The zero-order chi connectivity index (χ0) is 24.8. The van der Waals surface area contributed by atoms with Crippen LogP contribution in [-0.2, 0) is 4.74 Å². The molecule has 0 atom stereocenters. The van der Waals surface area contributed by atoms with Gasteiger partial charge in [-0.2, -0.15) is 0 Å². The van der Waals surface area contributed by atoms with Gasteiger partial charge in [-0.05, 0) is 60.1 Å². The molecule has 2 heterocycles. The summed E-state index contributed by atoms with van der Waals surface area (Å²) < 4.78 is 5.30. The van der Waals surface area contributed by atoms with Crippen molar-refractivity contribution in [1.29, 1.82) is 0 Å². The maximum absolute atomic E-state index is 12.7. The highest BCUT2D eigenvalue weighted by Crippen LogP contribution is 2.30. The molecular formula is C23H21N5O5S2. The Labute approximate surface area is 210 Å². The monoisotopic (exact) mass is 511 g/mol. The predicted octanol–water partition coefficient (Wildman–Crippen LogP) is 3.87. The molecule has 4 rings (SSSR count). The highest BCUT2D eigenvalue weighted by molar-refractivity contribution is 7.80. The molecule has 3 aromatic rings. The van der Waals surface area contributed by atoms with E-state index in [2.05, 4.69) is 16.0 Å². The molecule has 35 heavy (non-hydrogen) atoms. The van der Waals surface area contributed by atoms with Crippen molar-refractivity contribution >= 4 is 63.2 Å². The highest BCUT2D eigenvalue weighted by Gasteiger charge is 2.23. The molecule has 1 aliphatic rings. The average molecular weight is 512 g/mol. The number of rotatable bonds is 6. The van der Waals surface area contributed by atoms with Crippen LogP contribution >= 0.6 is 23.6 Å². The summed E-state index contributed by atoms with van der Waals surface area (Å²) in [4.78, 5) is 38.4. The van der Waals surface area contributed by atoms with Crippen LogP contribution < -0.4 is 20.9 Å². The van der Waals surface area contributed by atoms with E-state index in [0.717, 1.165) is 0 Å². The lowest BCUT2D eigenvalue weighted by Crippen LogP contribution is -2.37. The third-order valence-electron chi connectivity index (χ3n) is 5.16. The number of morpholine rings is 1. The van der Waals surface area contributed by atoms with Crippen molar-refractivity contribution in [3.8, 4) is 0 Å². The van der Waals surface area contributed by atoms with Crippen LogP contribution in [0.25, 0.3) is 0 Å². The number of nitrogens with one attached hydrogen (secondary N) is 3. The molecule has 0 radical (unpaired) electrons. The Morgan fingerprint density at radius 3 is 2.31 bits per heavy atom. The molecule has 1 aromatic heterocycles. The van der Waals surface area contributed by atoms with E-state index in [1.54, 1.807) is 42.5 Å². The van der Waals surface area contributed by atoms with Gasteiger partial charge in [0, 0.05) is 36.1 Å². The molecule has 1 fully saturated rings. The summed E-state index contributed by atoms with van der Waals surface area (Å²) in [6, 6.07) is 14.7. The van der Waals surface area contributed by atoms with Crippen molar-refractivity contribution < 1.29 is 19.2 Å². The number of hydrogen-bond acceptors (Lipinski definition) is 8. The molecule has 2 amide bonds. The number of hydrogen-bond donors (Lipinski definition) is 3. The van der Waals surface area contributed by atoms with Gasteiger partial charge in [-0.3, -0.25) is 25.0 Å². The number of nitro benzene ring substituents is 1. The Morgan fingerprint density at radius 1 is 1.00 bits per heavy atom. The van der Waals surface area contributed by atoms with E-state index < -0.39 is 10.8 Å². The smallest absolute Gasteiger partial charge is 0.293 e. The minimum atomic E-state index is -0.570. The summed E-state index contributed by atoms with van der Waals surface area (Å²) in [6.45, 7) is 2.05. The van der Waals surface area contributed by atoms with Gasteiger partial charge in [0.1, 0.15) is 5.69 Å². The maximum atomic E-state index is 12.7. The first kappa shape index (κ1) is 24.3. The molecule has 2 aromatic carbocycles. The minimum absolute atomic E-state index is 0.0327. The van der Waals surface area contributed by atoms with Crippen LogP contribution in [0.2, 0.25) is 0 Å². The molecule has 3 N–H and O–H groups in total. The van der Waals surface area contributed by atoms with Crippen LogP contribution in [0, 0.1) is 10.1 Å². The molecule has 1 saturated heterocycles. The molecule has 0 bridgehead atoms. The zero-order valence-electron chi connectivity index (χ0n) is 18.4. The molecule has 1 aliphatic heterocycles. The van der Waals surface area contributed by atoms with Gasteiger partial charge in [-0.15, -0.1) is 11.3 Å². The third kappa shape index (κ3) is 6.18. The molecule has 0 aliphatic carbocycles. The average Bonchev–Trinajstić information content (AvgIpc) is 3.41. The van der Waals surface area contributed by atoms with Crippen molar-refractivity contribution in [2.75, 3.05) is 41.8 Å². The molecule has 0 spiro atoms. The summed E-state index contributed by atoms with van der Waals surface area (Å²) in [7, 11) is 0. The summed E-state index contributed by atoms with van der Waals surface area (Å²) >= 11 is 6.56. The van der Waals surface area contributed by atoms with Crippen molar-refractivity contribution in [1.82, 2.24) is 5.32 Å². The van der Waals surface area contributed by atoms with E-state index in [-0.39, 0.29) is 22.3 Å². The van der Waals surface area contributed by atoms with Crippen LogP contribution in [-0.4, -0.2) is 48.2 Å². The van der Waals surface area contributed by atoms with Gasteiger partial charge in [0.15, 0.2) is 5.11 Å². The molecule has 12 heteroatoms. The fourth-order valence-electron chi connectivity index (χ4n) is 3.46. The second kappa shape index (κ2) is 11.0. The third-order valence-corrected chi connectivity index (χ3v) is 6.23. The van der Waals surface area contributed by atoms with E-state index in [1.165, 1.54) is 23.5 Å². The van der Waals surface area contributed by atoms with Gasteiger partial charge in [0.05, 0.1) is 23.0 Å². The Kier molecular flexibility index (Phi) is 7.65. The lowest BCUT2D eigenvalue weighted by molar-refractivity contribution is -0.384. The number of thiocarbonyl (C=S) groups is 1. The topological polar surface area (TPSA) is 126 Å². The number of benzene rings is 2. The Bertz CT molecular complexity index is 1240. The highest BCUT2D eigenvalue weighted by atomic mass is 32.1. The molecule has 10 nitrogen and oxygen atoms in total. The van der Waals surface area contributed by atoms with E-state index in [0.29, 0.717) is 48.2 Å². The van der Waals surface area contributed by atoms with Crippen LogP contribution in [0.1, 0.15) is 20.0 Å². The Hall–Kier alpha value is -3.87. The lowest BCUT2D eigenvalue weighted by atomic mass is 10.1. The first-order valence-corrected chi connectivity index (χ1v) is 11.9. The van der Waals surface area contributed by atoms with Gasteiger partial charge < -0.3 is 20.3 Å². The number of carbonyl (C=O) groups is 2. The number of amides is 2. The molecular weight excluding hydrogens is 490 g/mol. The number of nitrogens with zero attached hydrogens (tertiary/aromatic N) is 2. The van der Waals surface area contributed by atoms with Gasteiger partial charge in [-0.25, -0.2) is 0 Å². The Balaban J connectivity index is 1.36. The second-order valence-corrected chi connectivity index (χ2v) is 8.83. The minimum Gasteiger partial charge on any atom is -0.378 e. The number of thiophene rings is 1. The van der Waals surface area contributed by atoms with E-state index in [4.69, 9.17) is 17.0 Å². The number of anilines is 3. The van der Waals surface area contributed by atoms with Crippen molar-refractivity contribution in [3.63, 3.8) is 0 Å². The first-order valence-electron chi connectivity index (χ1n) is 10.6. The van der Waals surface area contributed by atoms with Crippen LogP contribution in [0.5, 0.6) is 0 Å². The lowest BCUT2D eigenvalue weighted by Gasteiger charge is -2.28. The van der Waals surface area contributed by atoms with Gasteiger partial charge >= 0.3 is 0 Å². The van der Waals surface area contributed by atoms with Crippen molar-refractivity contribution in [2.24, 2.45) is 0 Å². The maximum Gasteiger partial charge on any atom is 0.293 e. The van der Waals surface area contributed by atoms with Gasteiger partial charge in [-0.1, -0.05) is 6.07 Å². The second-order valence-electron chi connectivity index (χ2n) is 7.48. The number of nitro groups is 1.